The number of benzene rings is 1. The predicted octanol–water partition coefficient (Wildman–Crippen LogP) is 2.25. The molecule has 1 N–H and O–H groups in total. The second kappa shape index (κ2) is 6.83. The standard InChI is InChI=1S/C15H18O3/c1-11(2)14(16)10-9-12(3)18-15(17)13-7-5-4-6-8-13/h4-8,11-12,14,16H,1-3H3/t12-,14+/m0/s1. The third-order valence-electron chi connectivity index (χ3n) is 2.36. The van der Waals surface area contributed by atoms with Gasteiger partial charge in [0, 0.05) is 0 Å². The summed E-state index contributed by atoms with van der Waals surface area (Å²) in [5, 5.41) is 9.51. The molecule has 0 amide bonds. The van der Waals surface area contributed by atoms with Crippen molar-refractivity contribution in [1.82, 2.24) is 0 Å². The Balaban J connectivity index is 2.55. The number of ether oxygens (including phenoxy) is 1. The molecular formula is C15H18O3. The van der Waals surface area contributed by atoms with Gasteiger partial charge in [0.15, 0.2) is 6.10 Å². The maximum absolute atomic E-state index is 11.7. The maximum atomic E-state index is 11.7. The molecule has 0 saturated carbocycles. The van der Waals surface area contributed by atoms with Gasteiger partial charge >= 0.3 is 5.97 Å². The SMILES string of the molecule is CC(C)[C@H](O)C#C[C@H](C)OC(=O)c1ccccc1. The highest BCUT2D eigenvalue weighted by Crippen LogP contribution is 2.04. The minimum Gasteiger partial charge on any atom is -0.446 e. The van der Waals surface area contributed by atoms with E-state index in [1.165, 1.54) is 0 Å². The van der Waals surface area contributed by atoms with Gasteiger partial charge in [-0.15, -0.1) is 0 Å². The lowest BCUT2D eigenvalue weighted by Crippen LogP contribution is -2.16. The van der Waals surface area contributed by atoms with Gasteiger partial charge in [-0.1, -0.05) is 43.9 Å². The summed E-state index contributed by atoms with van der Waals surface area (Å²) in [6, 6.07) is 8.75. The molecule has 1 rings (SSSR count). The Bertz CT molecular complexity index is 440. The van der Waals surface area contributed by atoms with E-state index in [0.717, 1.165) is 0 Å². The van der Waals surface area contributed by atoms with Gasteiger partial charge in [-0.2, -0.15) is 0 Å². The number of esters is 1. The number of hydrogen-bond acceptors (Lipinski definition) is 3. The molecule has 0 bridgehead atoms. The monoisotopic (exact) mass is 246 g/mol. The zero-order valence-electron chi connectivity index (χ0n) is 10.9. The molecular weight excluding hydrogens is 228 g/mol. The van der Waals surface area contributed by atoms with E-state index in [0.29, 0.717) is 5.56 Å². The normalized spacial score (nSPS) is 13.4. The zero-order chi connectivity index (χ0) is 13.5. The van der Waals surface area contributed by atoms with Crippen LogP contribution in [0.15, 0.2) is 30.3 Å². The summed E-state index contributed by atoms with van der Waals surface area (Å²) in [6.45, 7) is 5.43. The topological polar surface area (TPSA) is 46.5 Å². The van der Waals surface area contributed by atoms with Crippen molar-refractivity contribution in [3.8, 4) is 11.8 Å². The molecule has 1 aromatic rings. The molecule has 0 aliphatic rings. The third kappa shape index (κ3) is 4.60. The van der Waals surface area contributed by atoms with Gasteiger partial charge in [0.1, 0.15) is 6.10 Å². The van der Waals surface area contributed by atoms with E-state index in [1.807, 2.05) is 19.9 Å². The second-order valence-corrected chi connectivity index (χ2v) is 4.39. The van der Waals surface area contributed by atoms with Gasteiger partial charge in [0.05, 0.1) is 5.56 Å². The van der Waals surface area contributed by atoms with Crippen LogP contribution in [0, 0.1) is 17.8 Å². The first-order valence-corrected chi connectivity index (χ1v) is 5.96. The highest BCUT2D eigenvalue weighted by Gasteiger charge is 2.10. The third-order valence-corrected chi connectivity index (χ3v) is 2.36. The first-order valence-electron chi connectivity index (χ1n) is 5.96. The molecule has 3 nitrogen and oxygen atoms in total. The van der Waals surface area contributed by atoms with E-state index in [1.54, 1.807) is 31.2 Å². The fourth-order valence-electron chi connectivity index (χ4n) is 1.20. The number of aliphatic hydroxyl groups excluding tert-OH is 1. The molecule has 96 valence electrons. The lowest BCUT2D eigenvalue weighted by Gasteiger charge is -2.09. The smallest absolute Gasteiger partial charge is 0.339 e. The molecule has 0 heterocycles. The summed E-state index contributed by atoms with van der Waals surface area (Å²) in [6.07, 6.45) is -1.23. The summed E-state index contributed by atoms with van der Waals surface area (Å²) in [5.41, 5.74) is 0.496. The first-order chi connectivity index (χ1) is 8.50. The van der Waals surface area contributed by atoms with Gasteiger partial charge in [-0.05, 0) is 25.0 Å². The van der Waals surface area contributed by atoms with Crippen LogP contribution in [-0.2, 0) is 4.74 Å². The van der Waals surface area contributed by atoms with Crippen LogP contribution < -0.4 is 0 Å². The molecule has 0 spiro atoms. The molecule has 18 heavy (non-hydrogen) atoms. The average molecular weight is 246 g/mol. The van der Waals surface area contributed by atoms with Crippen LogP contribution in [-0.4, -0.2) is 23.3 Å². The van der Waals surface area contributed by atoms with Crippen molar-refractivity contribution in [2.45, 2.75) is 33.0 Å². The van der Waals surface area contributed by atoms with Crippen LogP contribution in [0.25, 0.3) is 0 Å². The molecule has 0 radical (unpaired) electrons. The highest BCUT2D eigenvalue weighted by atomic mass is 16.5. The average Bonchev–Trinajstić information content (AvgIpc) is 2.36. The Hall–Kier alpha value is -1.79. The van der Waals surface area contributed by atoms with Crippen LogP contribution in [0.1, 0.15) is 31.1 Å². The molecule has 3 heteroatoms. The number of rotatable bonds is 3. The second-order valence-electron chi connectivity index (χ2n) is 4.39. The summed E-state index contributed by atoms with van der Waals surface area (Å²) in [4.78, 5) is 11.7. The Morgan fingerprint density at radius 3 is 2.33 bits per heavy atom. The summed E-state index contributed by atoms with van der Waals surface area (Å²) < 4.78 is 5.14. The molecule has 0 aliphatic heterocycles. The van der Waals surface area contributed by atoms with Gasteiger partial charge < -0.3 is 9.84 Å². The predicted molar refractivity (Wildman–Crippen MR) is 69.9 cm³/mol. The van der Waals surface area contributed by atoms with Crippen LogP contribution in [0.2, 0.25) is 0 Å². The van der Waals surface area contributed by atoms with Crippen molar-refractivity contribution in [3.05, 3.63) is 35.9 Å². The van der Waals surface area contributed by atoms with Crippen molar-refractivity contribution >= 4 is 5.97 Å². The fraction of sp³-hybridized carbons (Fsp3) is 0.400. The number of aliphatic hydroxyl groups is 1. The van der Waals surface area contributed by atoms with Crippen LogP contribution in [0.3, 0.4) is 0 Å². The molecule has 1 aromatic carbocycles. The maximum Gasteiger partial charge on any atom is 0.339 e. The lowest BCUT2D eigenvalue weighted by atomic mass is 10.1. The van der Waals surface area contributed by atoms with Gasteiger partial charge in [0.2, 0.25) is 0 Å². The van der Waals surface area contributed by atoms with Crippen molar-refractivity contribution in [2.24, 2.45) is 5.92 Å². The van der Waals surface area contributed by atoms with Crippen LogP contribution >= 0.6 is 0 Å². The largest absolute Gasteiger partial charge is 0.446 e. The van der Waals surface area contributed by atoms with Crippen molar-refractivity contribution in [2.75, 3.05) is 0 Å². The highest BCUT2D eigenvalue weighted by molar-refractivity contribution is 5.89. The first kappa shape index (κ1) is 14.3. The molecule has 0 fully saturated rings. The Labute approximate surface area is 108 Å². The van der Waals surface area contributed by atoms with Gasteiger partial charge in [-0.3, -0.25) is 0 Å². The van der Waals surface area contributed by atoms with E-state index >= 15 is 0 Å². The Kier molecular flexibility index (Phi) is 5.41. The number of hydrogen-bond donors (Lipinski definition) is 1. The molecule has 0 aliphatic carbocycles. The number of carbonyl (C=O) groups is 1. The Morgan fingerprint density at radius 2 is 1.78 bits per heavy atom. The van der Waals surface area contributed by atoms with E-state index in [2.05, 4.69) is 11.8 Å². The van der Waals surface area contributed by atoms with Crippen molar-refractivity contribution in [3.63, 3.8) is 0 Å². The minimum atomic E-state index is -0.692. The van der Waals surface area contributed by atoms with Gasteiger partial charge in [0.25, 0.3) is 0 Å². The fourth-order valence-corrected chi connectivity index (χ4v) is 1.20. The molecule has 0 aromatic heterocycles. The number of carbonyl (C=O) groups excluding carboxylic acids is 1. The van der Waals surface area contributed by atoms with E-state index < -0.39 is 18.2 Å². The molecule has 0 saturated heterocycles. The van der Waals surface area contributed by atoms with E-state index in [-0.39, 0.29) is 5.92 Å². The van der Waals surface area contributed by atoms with Crippen LogP contribution in [0.5, 0.6) is 0 Å². The molecule has 0 unspecified atom stereocenters. The summed E-state index contributed by atoms with van der Waals surface area (Å²) in [5.74, 6) is 5.05. The van der Waals surface area contributed by atoms with Crippen LogP contribution in [0.4, 0.5) is 0 Å². The van der Waals surface area contributed by atoms with E-state index in [4.69, 9.17) is 4.74 Å². The van der Waals surface area contributed by atoms with E-state index in [9.17, 15) is 9.90 Å². The minimum absolute atomic E-state index is 0.0644. The van der Waals surface area contributed by atoms with Crippen molar-refractivity contribution < 1.29 is 14.6 Å². The summed E-state index contributed by atoms with van der Waals surface area (Å²) in [7, 11) is 0. The van der Waals surface area contributed by atoms with Crippen molar-refractivity contribution in [1.29, 1.82) is 0 Å². The summed E-state index contributed by atoms with van der Waals surface area (Å²) >= 11 is 0. The molecule has 2 atom stereocenters. The van der Waals surface area contributed by atoms with Gasteiger partial charge in [-0.25, -0.2) is 4.79 Å². The Morgan fingerprint density at radius 1 is 1.17 bits per heavy atom. The quantitative estimate of drug-likeness (QED) is 0.657. The zero-order valence-corrected chi connectivity index (χ0v) is 10.9. The lowest BCUT2D eigenvalue weighted by molar-refractivity contribution is 0.0437.